The molecule has 9 heavy (non-hydrogen) atoms. The Kier molecular flexibility index (Phi) is 2.52. The Morgan fingerprint density at radius 1 is 1.44 bits per heavy atom. The summed E-state index contributed by atoms with van der Waals surface area (Å²) in [5, 5.41) is 0. The molecule has 1 aliphatic rings. The minimum atomic E-state index is 0.579. The first kappa shape index (κ1) is 7.07. The van der Waals surface area contributed by atoms with Crippen LogP contribution in [0, 0.1) is 5.92 Å². The molecule has 0 aliphatic heterocycles. The third-order valence-corrected chi connectivity index (χ3v) is 2.40. The summed E-state index contributed by atoms with van der Waals surface area (Å²) >= 11 is 0. The molecule has 1 fully saturated rings. The topological polar surface area (TPSA) is 9.23 Å². The van der Waals surface area contributed by atoms with E-state index in [9.17, 15) is 0 Å². The lowest BCUT2D eigenvalue weighted by Crippen LogP contribution is -2.04. The van der Waals surface area contributed by atoms with Crippen LogP contribution in [0.2, 0.25) is 0 Å². The maximum absolute atomic E-state index is 5.24. The van der Waals surface area contributed by atoms with E-state index in [2.05, 4.69) is 6.92 Å². The number of hydrogen-bond acceptors (Lipinski definition) is 1. The van der Waals surface area contributed by atoms with E-state index < -0.39 is 0 Å². The van der Waals surface area contributed by atoms with Crippen LogP contribution in [0.4, 0.5) is 0 Å². The van der Waals surface area contributed by atoms with Crippen LogP contribution in [-0.2, 0) is 4.74 Å². The molecule has 0 aromatic carbocycles. The van der Waals surface area contributed by atoms with Crippen molar-refractivity contribution < 1.29 is 4.74 Å². The van der Waals surface area contributed by atoms with Gasteiger partial charge in [-0.1, -0.05) is 13.3 Å². The molecule has 0 spiro atoms. The van der Waals surface area contributed by atoms with E-state index in [0.717, 1.165) is 5.92 Å². The molecule has 1 nitrogen and oxygen atoms in total. The molecule has 0 radical (unpaired) electrons. The summed E-state index contributed by atoms with van der Waals surface area (Å²) in [6.07, 6.45) is 5.88. The summed E-state index contributed by atoms with van der Waals surface area (Å²) in [6.45, 7) is 2.27. The summed E-state index contributed by atoms with van der Waals surface area (Å²) in [6, 6.07) is 0. The zero-order valence-electron chi connectivity index (χ0n) is 6.39. The number of rotatable bonds is 2. The molecule has 54 valence electrons. The molecule has 0 bridgehead atoms. The van der Waals surface area contributed by atoms with Crippen LogP contribution in [0.25, 0.3) is 0 Å². The van der Waals surface area contributed by atoms with Crippen molar-refractivity contribution in [3.8, 4) is 0 Å². The molecule has 1 saturated carbocycles. The van der Waals surface area contributed by atoms with Gasteiger partial charge in [0.25, 0.3) is 0 Å². The minimum Gasteiger partial charge on any atom is -0.381 e. The molecule has 0 saturated heterocycles. The van der Waals surface area contributed by atoms with Gasteiger partial charge in [-0.3, -0.25) is 0 Å². The van der Waals surface area contributed by atoms with Crippen LogP contribution in [0.3, 0.4) is 0 Å². The monoisotopic (exact) mass is 128 g/mol. The van der Waals surface area contributed by atoms with E-state index in [4.69, 9.17) is 4.74 Å². The van der Waals surface area contributed by atoms with Gasteiger partial charge in [-0.15, -0.1) is 0 Å². The van der Waals surface area contributed by atoms with Gasteiger partial charge >= 0.3 is 0 Å². The molecule has 1 rings (SSSR count). The highest BCUT2D eigenvalue weighted by Gasteiger charge is 2.22. The summed E-state index contributed by atoms with van der Waals surface area (Å²) in [5.74, 6) is 0.954. The third-order valence-electron chi connectivity index (χ3n) is 2.40. The Bertz CT molecular complexity index is 70.6. The van der Waals surface area contributed by atoms with Gasteiger partial charge in [0.2, 0.25) is 0 Å². The van der Waals surface area contributed by atoms with E-state index in [0.29, 0.717) is 6.10 Å². The minimum absolute atomic E-state index is 0.579. The number of ether oxygens (including phenoxy) is 1. The molecular formula is C8H16O. The van der Waals surface area contributed by atoms with Crippen LogP contribution in [-0.4, -0.2) is 13.2 Å². The average molecular weight is 128 g/mol. The zero-order valence-corrected chi connectivity index (χ0v) is 6.39. The predicted octanol–water partition coefficient (Wildman–Crippen LogP) is 2.21. The zero-order chi connectivity index (χ0) is 6.69. The van der Waals surface area contributed by atoms with Crippen LogP contribution >= 0.6 is 0 Å². The van der Waals surface area contributed by atoms with Crippen molar-refractivity contribution in [3.63, 3.8) is 0 Å². The van der Waals surface area contributed by atoms with Crippen LogP contribution in [0.1, 0.15) is 32.6 Å². The Hall–Kier alpha value is -0.0400. The second kappa shape index (κ2) is 3.21. The van der Waals surface area contributed by atoms with Crippen molar-refractivity contribution in [2.45, 2.75) is 38.7 Å². The molecule has 1 heteroatoms. The standard InChI is InChI=1S/C8H16O/c1-3-7-4-5-8(6-7)9-2/h7-8H,3-6H2,1-2H3/t7-,8-/m0/s1. The molecule has 0 aromatic rings. The van der Waals surface area contributed by atoms with Gasteiger partial charge < -0.3 is 4.74 Å². The quantitative estimate of drug-likeness (QED) is 0.554. The van der Waals surface area contributed by atoms with E-state index in [1.165, 1.54) is 25.7 Å². The van der Waals surface area contributed by atoms with E-state index >= 15 is 0 Å². The van der Waals surface area contributed by atoms with Crippen molar-refractivity contribution in [1.82, 2.24) is 0 Å². The number of methoxy groups -OCH3 is 1. The van der Waals surface area contributed by atoms with Crippen molar-refractivity contribution in [3.05, 3.63) is 0 Å². The molecule has 1 aliphatic carbocycles. The predicted molar refractivity (Wildman–Crippen MR) is 38.4 cm³/mol. The maximum atomic E-state index is 5.24. The summed E-state index contributed by atoms with van der Waals surface area (Å²) in [7, 11) is 1.82. The highest BCUT2D eigenvalue weighted by Crippen LogP contribution is 2.29. The smallest absolute Gasteiger partial charge is 0.0574 e. The Morgan fingerprint density at radius 2 is 2.22 bits per heavy atom. The van der Waals surface area contributed by atoms with Crippen LogP contribution < -0.4 is 0 Å². The van der Waals surface area contributed by atoms with Gasteiger partial charge in [0.15, 0.2) is 0 Å². The first-order valence-electron chi connectivity index (χ1n) is 3.89. The van der Waals surface area contributed by atoms with E-state index in [-0.39, 0.29) is 0 Å². The summed E-state index contributed by atoms with van der Waals surface area (Å²) in [4.78, 5) is 0. The average Bonchev–Trinajstić information content (AvgIpc) is 2.34. The summed E-state index contributed by atoms with van der Waals surface area (Å²) < 4.78 is 5.24. The first-order valence-corrected chi connectivity index (χ1v) is 3.89. The van der Waals surface area contributed by atoms with Gasteiger partial charge in [0.1, 0.15) is 0 Å². The second-order valence-corrected chi connectivity index (χ2v) is 2.95. The normalized spacial score (nSPS) is 35.3. The Morgan fingerprint density at radius 3 is 2.56 bits per heavy atom. The molecule has 0 unspecified atom stereocenters. The fourth-order valence-electron chi connectivity index (χ4n) is 1.61. The highest BCUT2D eigenvalue weighted by atomic mass is 16.5. The molecule has 0 heterocycles. The van der Waals surface area contributed by atoms with Crippen LogP contribution in [0.5, 0.6) is 0 Å². The lowest BCUT2D eigenvalue weighted by Gasteiger charge is -2.06. The lowest BCUT2D eigenvalue weighted by molar-refractivity contribution is 0.105. The molecule has 0 N–H and O–H groups in total. The van der Waals surface area contributed by atoms with E-state index in [1.807, 2.05) is 7.11 Å². The fraction of sp³-hybridized carbons (Fsp3) is 1.00. The molecule has 2 atom stereocenters. The van der Waals surface area contributed by atoms with Gasteiger partial charge in [-0.25, -0.2) is 0 Å². The van der Waals surface area contributed by atoms with Gasteiger partial charge in [-0.05, 0) is 25.2 Å². The Balaban J connectivity index is 2.20. The largest absolute Gasteiger partial charge is 0.381 e. The van der Waals surface area contributed by atoms with Crippen molar-refractivity contribution in [1.29, 1.82) is 0 Å². The number of hydrogen-bond donors (Lipinski definition) is 0. The van der Waals surface area contributed by atoms with Crippen molar-refractivity contribution in [2.75, 3.05) is 7.11 Å². The maximum Gasteiger partial charge on any atom is 0.0574 e. The molecular weight excluding hydrogens is 112 g/mol. The second-order valence-electron chi connectivity index (χ2n) is 2.95. The van der Waals surface area contributed by atoms with E-state index in [1.54, 1.807) is 0 Å². The van der Waals surface area contributed by atoms with Crippen LogP contribution in [0.15, 0.2) is 0 Å². The molecule has 0 amide bonds. The summed E-state index contributed by atoms with van der Waals surface area (Å²) in [5.41, 5.74) is 0. The third kappa shape index (κ3) is 1.68. The SMILES string of the molecule is CC[C@H]1CC[C@H](OC)C1. The van der Waals surface area contributed by atoms with Crippen molar-refractivity contribution in [2.24, 2.45) is 5.92 Å². The lowest BCUT2D eigenvalue weighted by atomic mass is 10.1. The first-order chi connectivity index (χ1) is 4.36. The van der Waals surface area contributed by atoms with Gasteiger partial charge in [0, 0.05) is 7.11 Å². The van der Waals surface area contributed by atoms with Gasteiger partial charge in [-0.2, -0.15) is 0 Å². The van der Waals surface area contributed by atoms with Crippen molar-refractivity contribution >= 4 is 0 Å². The fourth-order valence-corrected chi connectivity index (χ4v) is 1.61. The molecule has 0 aromatic heterocycles. The Labute approximate surface area is 57.4 Å². The van der Waals surface area contributed by atoms with Gasteiger partial charge in [0.05, 0.1) is 6.10 Å². The highest BCUT2D eigenvalue weighted by molar-refractivity contribution is 4.74.